The van der Waals surface area contributed by atoms with Crippen molar-refractivity contribution >= 4 is 32.7 Å². The Kier molecular flexibility index (Phi) is 5.76. The minimum atomic E-state index is -3.65. The van der Waals surface area contributed by atoms with Gasteiger partial charge in [0.15, 0.2) is 5.82 Å². The number of aromatic amines is 1. The van der Waals surface area contributed by atoms with Crippen molar-refractivity contribution in [1.82, 2.24) is 14.3 Å². The van der Waals surface area contributed by atoms with Crippen LogP contribution in [0.4, 0.5) is 14.5 Å². The van der Waals surface area contributed by atoms with Gasteiger partial charge in [0.1, 0.15) is 0 Å². The largest absolute Gasteiger partial charge is 0.337 e. The Morgan fingerprint density at radius 1 is 1.13 bits per heavy atom. The number of amides is 1. The molecule has 0 aliphatic carbocycles. The number of H-pyrrole nitrogens is 1. The molecule has 0 unspecified atom stereocenters. The molecule has 0 atom stereocenters. The number of fused-ring (bicyclic) bond motifs is 1. The molecule has 1 aliphatic heterocycles. The van der Waals surface area contributed by atoms with Crippen LogP contribution in [0.25, 0.3) is 11.0 Å². The Balaban J connectivity index is 1.58. The van der Waals surface area contributed by atoms with Crippen LogP contribution in [0.3, 0.4) is 0 Å². The number of hydrogen-bond donors (Lipinski definition) is 2. The summed E-state index contributed by atoms with van der Waals surface area (Å²) in [7, 11) is -3.65. The van der Waals surface area contributed by atoms with Gasteiger partial charge in [0.05, 0.1) is 15.9 Å². The quantitative estimate of drug-likeness (QED) is 0.611. The molecule has 1 saturated heterocycles. The molecule has 7 nitrogen and oxygen atoms in total. The Hall–Kier alpha value is -2.85. The van der Waals surface area contributed by atoms with Crippen molar-refractivity contribution in [3.8, 4) is 0 Å². The fourth-order valence-electron chi connectivity index (χ4n) is 3.68. The monoisotopic (exact) mass is 448 g/mol. The highest BCUT2D eigenvalue weighted by atomic mass is 32.2. The second-order valence-corrected chi connectivity index (χ2v) is 9.46. The van der Waals surface area contributed by atoms with E-state index in [4.69, 9.17) is 0 Å². The summed E-state index contributed by atoms with van der Waals surface area (Å²) in [6.45, 7) is 2.70. The zero-order valence-electron chi connectivity index (χ0n) is 16.9. The van der Waals surface area contributed by atoms with E-state index in [1.165, 1.54) is 28.6 Å². The van der Waals surface area contributed by atoms with Crippen molar-refractivity contribution in [3.05, 3.63) is 53.3 Å². The molecule has 10 heteroatoms. The van der Waals surface area contributed by atoms with Crippen LogP contribution >= 0.6 is 0 Å². The van der Waals surface area contributed by atoms with Crippen LogP contribution in [0.2, 0.25) is 0 Å². The van der Waals surface area contributed by atoms with Crippen LogP contribution in [-0.4, -0.2) is 41.7 Å². The summed E-state index contributed by atoms with van der Waals surface area (Å²) in [5, 5.41) is 2.69. The first kappa shape index (κ1) is 21.4. The molecule has 4 rings (SSSR count). The van der Waals surface area contributed by atoms with Crippen LogP contribution in [-0.2, 0) is 10.0 Å². The van der Waals surface area contributed by atoms with Crippen molar-refractivity contribution < 1.29 is 22.0 Å². The maximum absolute atomic E-state index is 13.1. The molecule has 31 heavy (non-hydrogen) atoms. The number of hydrogen-bond acceptors (Lipinski definition) is 4. The number of carbonyl (C=O) groups excluding carboxylic acids is 1. The molecule has 1 aromatic heterocycles. The fraction of sp³-hybridized carbons (Fsp3) is 0.333. The third-order valence-corrected chi connectivity index (χ3v) is 7.39. The number of carbonyl (C=O) groups is 1. The standard InChI is InChI=1S/C21H22F2N4O3S/c1-13-5-7-15(12-18(13)31(29,30)27-9-3-2-4-10-27)24-21(28)14-6-8-16-17(11-14)26-20(25-16)19(22)23/h5-8,11-12,19H,2-4,9-10H2,1H3,(H,24,28)(H,25,26). The van der Waals surface area contributed by atoms with Crippen LogP contribution in [0, 0.1) is 6.92 Å². The number of rotatable bonds is 5. The van der Waals surface area contributed by atoms with Gasteiger partial charge in [-0.15, -0.1) is 0 Å². The van der Waals surface area contributed by atoms with E-state index in [1.807, 2.05) is 0 Å². The SMILES string of the molecule is Cc1ccc(NC(=O)c2ccc3nc(C(F)F)[nH]c3c2)cc1S(=O)(=O)N1CCCCC1. The highest BCUT2D eigenvalue weighted by Crippen LogP contribution is 2.27. The van der Waals surface area contributed by atoms with Gasteiger partial charge in [-0.25, -0.2) is 22.2 Å². The lowest BCUT2D eigenvalue weighted by atomic mass is 10.1. The Bertz CT molecular complexity index is 1230. The van der Waals surface area contributed by atoms with Crippen molar-refractivity contribution in [2.24, 2.45) is 0 Å². The summed E-state index contributed by atoms with van der Waals surface area (Å²) in [4.78, 5) is 19.1. The first-order chi connectivity index (χ1) is 14.8. The molecular formula is C21H22F2N4O3S. The highest BCUT2D eigenvalue weighted by Gasteiger charge is 2.27. The van der Waals surface area contributed by atoms with Gasteiger partial charge in [0.2, 0.25) is 10.0 Å². The number of aromatic nitrogens is 2. The third kappa shape index (κ3) is 4.31. The number of nitrogens with zero attached hydrogens (tertiary/aromatic N) is 2. The lowest BCUT2D eigenvalue weighted by Crippen LogP contribution is -2.36. The summed E-state index contributed by atoms with van der Waals surface area (Å²) in [5.41, 5.74) is 1.82. The van der Waals surface area contributed by atoms with Gasteiger partial charge in [-0.05, 0) is 55.7 Å². The topological polar surface area (TPSA) is 95.2 Å². The van der Waals surface area contributed by atoms with Crippen molar-refractivity contribution in [1.29, 1.82) is 0 Å². The molecule has 1 fully saturated rings. The van der Waals surface area contributed by atoms with Gasteiger partial charge in [0, 0.05) is 24.3 Å². The second-order valence-electron chi connectivity index (χ2n) is 7.55. The molecule has 3 aromatic rings. The van der Waals surface area contributed by atoms with E-state index < -0.39 is 28.2 Å². The van der Waals surface area contributed by atoms with Gasteiger partial charge < -0.3 is 10.3 Å². The van der Waals surface area contributed by atoms with Gasteiger partial charge in [-0.2, -0.15) is 4.31 Å². The fourth-order valence-corrected chi connectivity index (χ4v) is 5.45. The van der Waals surface area contributed by atoms with Crippen molar-refractivity contribution in [2.75, 3.05) is 18.4 Å². The van der Waals surface area contributed by atoms with Crippen LogP contribution < -0.4 is 5.32 Å². The van der Waals surface area contributed by atoms with Crippen LogP contribution in [0.15, 0.2) is 41.3 Å². The molecule has 2 aromatic carbocycles. The number of nitrogens with one attached hydrogen (secondary N) is 2. The molecule has 2 heterocycles. The molecule has 2 N–H and O–H groups in total. The number of benzene rings is 2. The van der Waals surface area contributed by atoms with E-state index in [1.54, 1.807) is 19.1 Å². The van der Waals surface area contributed by atoms with Gasteiger partial charge >= 0.3 is 0 Å². The summed E-state index contributed by atoms with van der Waals surface area (Å²) in [6, 6.07) is 9.14. The summed E-state index contributed by atoms with van der Waals surface area (Å²) in [6.07, 6.45) is -0.0611. The molecule has 1 aliphatic rings. The van der Waals surface area contributed by atoms with Gasteiger partial charge in [-0.1, -0.05) is 12.5 Å². The molecule has 1 amide bonds. The molecule has 0 bridgehead atoms. The first-order valence-electron chi connectivity index (χ1n) is 9.96. The minimum absolute atomic E-state index is 0.165. The number of piperidine rings is 1. The molecular weight excluding hydrogens is 426 g/mol. The zero-order chi connectivity index (χ0) is 22.2. The highest BCUT2D eigenvalue weighted by molar-refractivity contribution is 7.89. The van der Waals surface area contributed by atoms with E-state index in [0.29, 0.717) is 35.4 Å². The number of alkyl halides is 2. The van der Waals surface area contributed by atoms with Crippen LogP contribution in [0.5, 0.6) is 0 Å². The third-order valence-electron chi connectivity index (χ3n) is 5.35. The summed E-state index contributed by atoms with van der Waals surface area (Å²) < 4.78 is 53.3. The Morgan fingerprint density at radius 2 is 1.87 bits per heavy atom. The molecule has 0 spiro atoms. The van der Waals surface area contributed by atoms with E-state index in [2.05, 4.69) is 15.3 Å². The molecule has 164 valence electrons. The zero-order valence-corrected chi connectivity index (χ0v) is 17.7. The Labute approximate surface area is 178 Å². The lowest BCUT2D eigenvalue weighted by molar-refractivity contribution is 0.102. The maximum atomic E-state index is 13.1. The smallest absolute Gasteiger partial charge is 0.295 e. The maximum Gasteiger partial charge on any atom is 0.295 e. The van der Waals surface area contributed by atoms with Crippen molar-refractivity contribution in [3.63, 3.8) is 0 Å². The average Bonchev–Trinajstić information content (AvgIpc) is 3.19. The molecule has 0 radical (unpaired) electrons. The van der Waals surface area contributed by atoms with Gasteiger partial charge in [-0.3, -0.25) is 4.79 Å². The van der Waals surface area contributed by atoms with Gasteiger partial charge in [0.25, 0.3) is 12.3 Å². The second kappa shape index (κ2) is 8.35. The summed E-state index contributed by atoms with van der Waals surface area (Å²) >= 11 is 0. The van der Waals surface area contributed by atoms with Crippen LogP contribution in [0.1, 0.15) is 47.4 Å². The number of anilines is 1. The number of sulfonamides is 1. The number of imidazole rings is 1. The normalized spacial score (nSPS) is 15.5. The predicted molar refractivity (Wildman–Crippen MR) is 113 cm³/mol. The minimum Gasteiger partial charge on any atom is -0.337 e. The Morgan fingerprint density at radius 3 is 2.58 bits per heavy atom. The van der Waals surface area contributed by atoms with E-state index in [-0.39, 0.29) is 10.5 Å². The van der Waals surface area contributed by atoms with E-state index in [9.17, 15) is 22.0 Å². The van der Waals surface area contributed by atoms with Crippen molar-refractivity contribution in [2.45, 2.75) is 37.5 Å². The lowest BCUT2D eigenvalue weighted by Gasteiger charge is -2.26. The summed E-state index contributed by atoms with van der Waals surface area (Å²) in [5.74, 6) is -0.945. The predicted octanol–water partition coefficient (Wildman–Crippen LogP) is 4.24. The van der Waals surface area contributed by atoms with E-state index in [0.717, 1.165) is 19.3 Å². The average molecular weight is 448 g/mol. The first-order valence-corrected chi connectivity index (χ1v) is 11.4. The number of halogens is 2. The number of aryl methyl sites for hydroxylation is 1. The van der Waals surface area contributed by atoms with E-state index >= 15 is 0 Å². The molecule has 0 saturated carbocycles.